The summed E-state index contributed by atoms with van der Waals surface area (Å²) in [6.07, 6.45) is 0. The topological polar surface area (TPSA) is 3.24 Å². The Morgan fingerprint density at radius 3 is 2.04 bits per heavy atom. The number of fused-ring (bicyclic) bond motifs is 8. The van der Waals surface area contributed by atoms with Crippen molar-refractivity contribution in [2.45, 2.75) is 19.3 Å². The maximum Gasteiger partial charge on any atom is 0.0468 e. The molecule has 1 aliphatic carbocycles. The summed E-state index contributed by atoms with van der Waals surface area (Å²) < 4.78 is 2.67. The van der Waals surface area contributed by atoms with Crippen LogP contribution in [0.3, 0.4) is 0 Å². The highest BCUT2D eigenvalue weighted by Gasteiger charge is 2.35. The maximum atomic E-state index is 2.44. The third-order valence-corrected chi connectivity index (χ3v) is 11.7. The smallest absolute Gasteiger partial charge is 0.0468 e. The van der Waals surface area contributed by atoms with Gasteiger partial charge in [-0.2, -0.15) is 0 Å². The highest BCUT2D eigenvalue weighted by Crippen LogP contribution is 2.51. The van der Waals surface area contributed by atoms with E-state index < -0.39 is 0 Å². The number of hydrogen-bond donors (Lipinski definition) is 0. The van der Waals surface area contributed by atoms with Gasteiger partial charge in [-0.3, -0.25) is 0 Å². The van der Waals surface area contributed by atoms with Crippen molar-refractivity contribution in [2.75, 3.05) is 4.90 Å². The number of thiophene rings is 1. The number of rotatable bonds is 4. The third-order valence-electron chi connectivity index (χ3n) is 10.6. The van der Waals surface area contributed by atoms with Crippen LogP contribution in [0.2, 0.25) is 0 Å². The fourth-order valence-electron chi connectivity index (χ4n) is 8.07. The molecular formula is C47H33NS. The van der Waals surface area contributed by atoms with Gasteiger partial charge in [0.2, 0.25) is 0 Å². The van der Waals surface area contributed by atoms with E-state index >= 15 is 0 Å². The molecule has 0 unspecified atom stereocenters. The van der Waals surface area contributed by atoms with Gasteiger partial charge in [0.1, 0.15) is 0 Å². The van der Waals surface area contributed by atoms with E-state index in [9.17, 15) is 0 Å². The van der Waals surface area contributed by atoms with E-state index in [-0.39, 0.29) is 5.41 Å². The Kier molecular flexibility index (Phi) is 6.16. The molecular weight excluding hydrogens is 611 g/mol. The van der Waals surface area contributed by atoms with Gasteiger partial charge in [0.15, 0.2) is 0 Å². The summed E-state index contributed by atoms with van der Waals surface area (Å²) >= 11 is 1.88. The van der Waals surface area contributed by atoms with Crippen molar-refractivity contribution in [1.29, 1.82) is 0 Å². The van der Waals surface area contributed by atoms with Crippen LogP contribution in [0, 0.1) is 0 Å². The van der Waals surface area contributed by atoms with Crippen LogP contribution in [0.25, 0.3) is 64.0 Å². The summed E-state index contributed by atoms with van der Waals surface area (Å²) in [4.78, 5) is 2.44. The van der Waals surface area contributed by atoms with Crippen LogP contribution in [0.15, 0.2) is 164 Å². The molecule has 1 aromatic heterocycles. The van der Waals surface area contributed by atoms with E-state index in [2.05, 4.69) is 183 Å². The van der Waals surface area contributed by atoms with Gasteiger partial charge in [-0.05, 0) is 116 Å². The molecule has 232 valence electrons. The van der Waals surface area contributed by atoms with Crippen LogP contribution in [-0.2, 0) is 5.41 Å². The van der Waals surface area contributed by atoms with Crippen LogP contribution in [0.1, 0.15) is 25.0 Å². The zero-order valence-corrected chi connectivity index (χ0v) is 28.3. The van der Waals surface area contributed by atoms with Gasteiger partial charge in [0.25, 0.3) is 0 Å². The first-order valence-corrected chi connectivity index (χ1v) is 17.8. The quantitative estimate of drug-likeness (QED) is 0.184. The average molecular weight is 644 g/mol. The lowest BCUT2D eigenvalue weighted by Crippen LogP contribution is -2.16. The molecule has 0 amide bonds. The fourth-order valence-corrected chi connectivity index (χ4v) is 9.20. The van der Waals surface area contributed by atoms with Gasteiger partial charge in [-0.25, -0.2) is 0 Å². The number of benzene rings is 8. The second kappa shape index (κ2) is 10.7. The van der Waals surface area contributed by atoms with E-state index in [1.807, 2.05) is 11.3 Å². The molecule has 0 aliphatic heterocycles. The fraction of sp³-hybridized carbons (Fsp3) is 0.0638. The number of anilines is 3. The second-order valence-electron chi connectivity index (χ2n) is 13.8. The van der Waals surface area contributed by atoms with Gasteiger partial charge in [-0.15, -0.1) is 11.3 Å². The molecule has 49 heavy (non-hydrogen) atoms. The SMILES string of the molecule is CC1(C)c2ccccc2-c2ccc(N(c3cccc(-c4ccc5ccccc5c4)c3)c3ccc4cc5sc6ccccc6c5cc4c3)cc21. The summed E-state index contributed by atoms with van der Waals surface area (Å²) in [6.45, 7) is 4.72. The van der Waals surface area contributed by atoms with Crippen molar-refractivity contribution in [3.63, 3.8) is 0 Å². The molecule has 2 heteroatoms. The van der Waals surface area contributed by atoms with Crippen molar-refractivity contribution in [1.82, 2.24) is 0 Å². The molecule has 1 heterocycles. The van der Waals surface area contributed by atoms with Crippen LogP contribution in [0.4, 0.5) is 17.1 Å². The first-order valence-electron chi connectivity index (χ1n) is 17.0. The normalized spacial score (nSPS) is 13.3. The van der Waals surface area contributed by atoms with Gasteiger partial charge in [0.05, 0.1) is 0 Å². The summed E-state index contributed by atoms with van der Waals surface area (Å²) in [5.74, 6) is 0. The number of nitrogens with zero attached hydrogens (tertiary/aromatic N) is 1. The van der Waals surface area contributed by atoms with Gasteiger partial charge >= 0.3 is 0 Å². The van der Waals surface area contributed by atoms with Crippen LogP contribution in [0.5, 0.6) is 0 Å². The summed E-state index contributed by atoms with van der Waals surface area (Å²) in [7, 11) is 0. The van der Waals surface area contributed by atoms with Gasteiger partial charge < -0.3 is 4.90 Å². The third kappa shape index (κ3) is 4.45. The lowest BCUT2D eigenvalue weighted by atomic mass is 9.82. The lowest BCUT2D eigenvalue weighted by molar-refractivity contribution is 0.660. The molecule has 0 spiro atoms. The monoisotopic (exact) mass is 643 g/mol. The predicted octanol–water partition coefficient (Wildman–Crippen LogP) is 13.8. The Morgan fingerprint density at radius 2 is 1.10 bits per heavy atom. The molecule has 1 nitrogen and oxygen atoms in total. The minimum absolute atomic E-state index is 0.0878. The predicted molar refractivity (Wildman–Crippen MR) is 212 cm³/mol. The Hall–Kier alpha value is -5.70. The molecule has 0 saturated carbocycles. The van der Waals surface area contributed by atoms with Crippen molar-refractivity contribution in [3.8, 4) is 22.3 Å². The Morgan fingerprint density at radius 1 is 0.408 bits per heavy atom. The van der Waals surface area contributed by atoms with Crippen LogP contribution < -0.4 is 4.90 Å². The molecule has 0 radical (unpaired) electrons. The highest BCUT2D eigenvalue weighted by atomic mass is 32.1. The Labute approximate surface area is 290 Å². The summed E-state index contributed by atoms with van der Waals surface area (Å²) in [6, 6.07) is 60.8. The maximum absolute atomic E-state index is 2.44. The lowest BCUT2D eigenvalue weighted by Gasteiger charge is -2.28. The van der Waals surface area contributed by atoms with Crippen molar-refractivity contribution < 1.29 is 0 Å². The molecule has 0 saturated heterocycles. The first kappa shape index (κ1) is 28.3. The van der Waals surface area contributed by atoms with Crippen LogP contribution >= 0.6 is 11.3 Å². The minimum atomic E-state index is -0.0878. The standard InChI is InChI=1S/C47H33NS/c1-47(2)43-16-7-5-14-39(43)40-23-22-38(29-44(40)47)48(36-13-9-12-32(25-36)33-19-18-30-10-3-4-11-31(30)24-33)37-21-20-34-28-46-42(27-35(34)26-37)41-15-6-8-17-45(41)49-46/h3-29H,1-2H3. The molecule has 0 N–H and O–H groups in total. The highest BCUT2D eigenvalue weighted by molar-refractivity contribution is 7.25. The molecule has 0 fully saturated rings. The van der Waals surface area contributed by atoms with Crippen molar-refractivity contribution in [3.05, 3.63) is 175 Å². The average Bonchev–Trinajstić information content (AvgIpc) is 3.61. The van der Waals surface area contributed by atoms with E-state index in [1.54, 1.807) is 0 Å². The molecule has 10 rings (SSSR count). The Balaban J connectivity index is 1.17. The molecule has 1 aliphatic rings. The van der Waals surface area contributed by atoms with E-state index in [4.69, 9.17) is 0 Å². The van der Waals surface area contributed by atoms with E-state index in [0.29, 0.717) is 0 Å². The number of hydrogen-bond acceptors (Lipinski definition) is 2. The van der Waals surface area contributed by atoms with Gasteiger partial charge in [-0.1, -0.05) is 117 Å². The molecule has 8 aromatic carbocycles. The molecule has 0 atom stereocenters. The van der Waals surface area contributed by atoms with Crippen LogP contribution in [-0.4, -0.2) is 0 Å². The van der Waals surface area contributed by atoms with Crippen molar-refractivity contribution in [2.24, 2.45) is 0 Å². The zero-order valence-electron chi connectivity index (χ0n) is 27.4. The zero-order chi connectivity index (χ0) is 32.7. The van der Waals surface area contributed by atoms with Crippen molar-refractivity contribution >= 4 is 70.1 Å². The van der Waals surface area contributed by atoms with E-state index in [1.165, 1.54) is 75.1 Å². The second-order valence-corrected chi connectivity index (χ2v) is 14.9. The van der Waals surface area contributed by atoms with Gasteiger partial charge in [0, 0.05) is 42.6 Å². The molecule has 0 bridgehead atoms. The molecule has 9 aromatic rings. The van der Waals surface area contributed by atoms with E-state index in [0.717, 1.165) is 17.1 Å². The minimum Gasteiger partial charge on any atom is -0.310 e. The first-order chi connectivity index (χ1) is 24.0. The summed E-state index contributed by atoms with van der Waals surface area (Å²) in [5.41, 5.74) is 11.2. The summed E-state index contributed by atoms with van der Waals surface area (Å²) in [5, 5.41) is 7.68. The largest absolute Gasteiger partial charge is 0.310 e. The Bertz CT molecular complexity index is 2770.